The molecule has 0 spiro atoms. The van der Waals surface area contributed by atoms with E-state index in [1.807, 2.05) is 55.5 Å². The van der Waals surface area contributed by atoms with Crippen molar-refractivity contribution in [1.82, 2.24) is 44.9 Å². The molecule has 566 valence electrons. The summed E-state index contributed by atoms with van der Waals surface area (Å²) in [6, 6.07) is 142. The number of aromatic nitrogens is 9. The van der Waals surface area contributed by atoms with Crippen LogP contribution in [0.15, 0.2) is 406 Å². The van der Waals surface area contributed by atoms with Gasteiger partial charge in [0.1, 0.15) is 0 Å². The van der Waals surface area contributed by atoms with E-state index in [0.29, 0.717) is 29.2 Å². The smallest absolute Gasteiger partial charge is 0.164 e. The molecule has 0 aliphatic carbocycles. The molecule has 6 aromatic heterocycles. The van der Waals surface area contributed by atoms with Gasteiger partial charge in [0.05, 0.1) is 44.8 Å². The molecule has 9 nitrogen and oxygen atoms in total. The van der Waals surface area contributed by atoms with E-state index < -0.39 is 0 Å². The fourth-order valence-corrected chi connectivity index (χ4v) is 16.0. The number of fused-ring (bicyclic) bond motifs is 7. The van der Waals surface area contributed by atoms with E-state index in [1.165, 1.54) is 27.5 Å². The van der Waals surface area contributed by atoms with Gasteiger partial charge in [-0.25, -0.2) is 34.9 Å². The number of aryl methyl sites for hydroxylation is 1. The van der Waals surface area contributed by atoms with Gasteiger partial charge in [-0.05, 0) is 139 Å². The summed E-state index contributed by atoms with van der Waals surface area (Å²) in [5.74, 6) is 2.87. The van der Waals surface area contributed by atoms with E-state index in [4.69, 9.17) is 44.9 Å². The van der Waals surface area contributed by atoms with Crippen molar-refractivity contribution < 1.29 is 0 Å². The molecule has 9 heteroatoms. The van der Waals surface area contributed by atoms with Crippen LogP contribution in [0.2, 0.25) is 0 Å². The van der Waals surface area contributed by atoms with Crippen molar-refractivity contribution in [1.29, 1.82) is 0 Å². The van der Waals surface area contributed by atoms with Crippen molar-refractivity contribution in [2.45, 2.75) is 26.7 Å². The van der Waals surface area contributed by atoms with Gasteiger partial charge in [0, 0.05) is 77.4 Å². The molecule has 0 aliphatic heterocycles. The predicted molar refractivity (Wildman–Crippen MR) is 495 cm³/mol. The molecule has 0 amide bonds. The summed E-state index contributed by atoms with van der Waals surface area (Å²) in [5.41, 5.74) is 30.7. The molecular weight excluding hydrogens is 1460 g/mol. The van der Waals surface area contributed by atoms with Gasteiger partial charge in [-0.15, -0.1) is 0 Å². The van der Waals surface area contributed by atoms with Crippen molar-refractivity contribution in [2.24, 2.45) is 0 Å². The van der Waals surface area contributed by atoms with Crippen LogP contribution in [0.1, 0.15) is 31.2 Å². The van der Waals surface area contributed by atoms with Crippen molar-refractivity contribution in [3.8, 4) is 157 Å². The molecule has 0 N–H and O–H groups in total. The van der Waals surface area contributed by atoms with E-state index in [0.717, 1.165) is 172 Å². The number of pyridine rings is 4. The average molecular weight is 1540 g/mol. The Hall–Kier alpha value is -15.7. The average Bonchev–Trinajstić information content (AvgIpc) is 0.748. The number of hydrogen-bond donors (Lipinski definition) is 0. The minimum atomic E-state index is 0.304. The Balaban J connectivity index is 0.000000154. The van der Waals surface area contributed by atoms with Crippen molar-refractivity contribution in [3.63, 3.8) is 0 Å². The van der Waals surface area contributed by atoms with Gasteiger partial charge in [0.25, 0.3) is 0 Å². The van der Waals surface area contributed by atoms with E-state index >= 15 is 0 Å². The summed E-state index contributed by atoms with van der Waals surface area (Å²) in [7, 11) is 0. The van der Waals surface area contributed by atoms with Gasteiger partial charge >= 0.3 is 0 Å². The van der Waals surface area contributed by atoms with Gasteiger partial charge in [-0.1, -0.05) is 372 Å². The maximum Gasteiger partial charge on any atom is 0.164 e. The quantitative estimate of drug-likeness (QED) is 0.0925. The molecule has 0 saturated carbocycles. The molecule has 0 atom stereocenters. The van der Waals surface area contributed by atoms with Crippen LogP contribution in [-0.2, 0) is 0 Å². The molecule has 0 radical (unpaired) electrons. The third kappa shape index (κ3) is 15.0. The lowest BCUT2D eigenvalue weighted by molar-refractivity contribution is 0.830. The predicted octanol–water partition coefficient (Wildman–Crippen LogP) is 28.5. The standard InChI is InChI=1S/C59H42N4.C52H35N5/c1-38(2)53-33-31-46-30-32-51-52(49-29-24-40-14-9-10-17-47(40)34-49)36-54(61-58(51)57(46)60-53)44-27-22-42(23-28-44)48-18-11-19-50(35-48)59-62-55(43-15-7-4-8-16-43)37-56(63-59)45-25-20-41(21-26-45)39-12-5-3-6-13-39;1-34-20-21-40-30-31-45-46(38-14-7-3-8-15-38)33-47(54-49(45)48(40)53-34)39-26-22-37(23-27-39)43-18-11-19-44(32-43)52-56-50(41-16-9-4-10-17-41)55-51(57-52)42-28-24-36(25-29-42)35-12-5-2-6-13-35/h3-38H,1-2H3;2-33H,1H3. The summed E-state index contributed by atoms with van der Waals surface area (Å²) in [5, 5.41) is 6.77. The first kappa shape index (κ1) is 73.2. The fraction of sp³-hybridized carbons (Fsp3) is 0.0360. The first-order valence-electron chi connectivity index (χ1n) is 40.6. The Bertz CT molecular complexity index is 7370. The van der Waals surface area contributed by atoms with Crippen LogP contribution in [0.5, 0.6) is 0 Å². The zero-order chi connectivity index (χ0) is 80.4. The summed E-state index contributed by atoms with van der Waals surface area (Å²) in [6.07, 6.45) is 0. The minimum absolute atomic E-state index is 0.304. The van der Waals surface area contributed by atoms with Crippen molar-refractivity contribution in [3.05, 3.63) is 418 Å². The first-order chi connectivity index (χ1) is 59.1. The number of nitrogens with zero attached hydrogens (tertiary/aromatic N) is 9. The van der Waals surface area contributed by atoms with Crippen LogP contribution in [0.25, 0.3) is 212 Å². The molecule has 120 heavy (non-hydrogen) atoms. The molecule has 0 saturated heterocycles. The van der Waals surface area contributed by atoms with Crippen LogP contribution >= 0.6 is 0 Å². The molecular formula is C111H77N9. The second-order valence-electron chi connectivity index (χ2n) is 30.7. The molecule has 0 unspecified atom stereocenters. The molecule has 0 aliphatic rings. The van der Waals surface area contributed by atoms with Gasteiger partial charge in [-0.3, -0.25) is 9.97 Å². The lowest BCUT2D eigenvalue weighted by atomic mass is 9.94. The Labute approximate surface area is 696 Å². The lowest BCUT2D eigenvalue weighted by Gasteiger charge is -2.14. The van der Waals surface area contributed by atoms with Gasteiger partial charge < -0.3 is 0 Å². The maximum atomic E-state index is 5.39. The molecule has 0 bridgehead atoms. The molecule has 6 heterocycles. The molecule has 21 rings (SSSR count). The minimum Gasteiger partial charge on any atom is -0.251 e. The number of rotatable bonds is 15. The van der Waals surface area contributed by atoms with E-state index in [9.17, 15) is 0 Å². The van der Waals surface area contributed by atoms with Gasteiger partial charge in [0.15, 0.2) is 23.3 Å². The first-order valence-corrected chi connectivity index (χ1v) is 40.6. The van der Waals surface area contributed by atoms with Gasteiger partial charge in [-0.2, -0.15) is 0 Å². The normalized spacial score (nSPS) is 11.4. The molecule has 0 fully saturated rings. The van der Waals surface area contributed by atoms with E-state index in [2.05, 4.69) is 372 Å². The Morgan fingerprint density at radius 3 is 0.983 bits per heavy atom. The zero-order valence-electron chi connectivity index (χ0n) is 66.3. The van der Waals surface area contributed by atoms with Crippen LogP contribution in [0, 0.1) is 6.92 Å². The highest BCUT2D eigenvalue weighted by atomic mass is 15.0. The maximum absolute atomic E-state index is 5.39. The lowest BCUT2D eigenvalue weighted by Crippen LogP contribution is -2.00. The third-order valence-corrected chi connectivity index (χ3v) is 22.4. The number of hydrogen-bond acceptors (Lipinski definition) is 9. The van der Waals surface area contributed by atoms with Crippen LogP contribution < -0.4 is 0 Å². The highest BCUT2D eigenvalue weighted by molar-refractivity contribution is 6.11. The summed E-state index contributed by atoms with van der Waals surface area (Å²) >= 11 is 0. The summed E-state index contributed by atoms with van der Waals surface area (Å²) in [6.45, 7) is 6.41. The topological polar surface area (TPSA) is 116 Å². The fourth-order valence-electron chi connectivity index (χ4n) is 16.0. The SMILES string of the molecule is CC(C)c1ccc2ccc3c(-c4ccc5ccccc5c4)cc(-c4ccc(-c5cccc(-c6nc(-c7ccccc7)cc(-c7ccc(-c8ccccc8)cc7)n6)c5)cc4)nc3c2n1.Cc1ccc2ccc3c(-c4ccccc4)cc(-c4ccc(-c5cccc(-c6nc(-c7ccccc7)nc(-c7ccc(-c8ccccc8)cc7)n6)c5)cc4)nc3c2n1. The van der Waals surface area contributed by atoms with Crippen LogP contribution in [0.3, 0.4) is 0 Å². The second kappa shape index (κ2) is 32.2. The Morgan fingerprint density at radius 1 is 0.175 bits per heavy atom. The largest absolute Gasteiger partial charge is 0.251 e. The van der Waals surface area contributed by atoms with Gasteiger partial charge in [0.2, 0.25) is 0 Å². The monoisotopic (exact) mass is 1540 g/mol. The zero-order valence-corrected chi connectivity index (χ0v) is 66.3. The second-order valence-corrected chi connectivity index (χ2v) is 30.7. The Kier molecular flexibility index (Phi) is 19.6. The highest BCUT2D eigenvalue weighted by Gasteiger charge is 2.21. The third-order valence-electron chi connectivity index (χ3n) is 22.4. The molecule has 21 aromatic rings. The number of benzene rings is 15. The summed E-state index contributed by atoms with van der Waals surface area (Å²) in [4.78, 5) is 46.1. The van der Waals surface area contributed by atoms with Crippen molar-refractivity contribution >= 4 is 54.4 Å². The van der Waals surface area contributed by atoms with Crippen LogP contribution in [-0.4, -0.2) is 44.9 Å². The molecule has 15 aromatic carbocycles. The van der Waals surface area contributed by atoms with Crippen LogP contribution in [0.4, 0.5) is 0 Å². The summed E-state index contributed by atoms with van der Waals surface area (Å²) < 4.78 is 0. The van der Waals surface area contributed by atoms with E-state index in [-0.39, 0.29) is 0 Å². The highest BCUT2D eigenvalue weighted by Crippen LogP contribution is 2.41. The Morgan fingerprint density at radius 2 is 0.492 bits per heavy atom. The van der Waals surface area contributed by atoms with E-state index in [1.54, 1.807) is 0 Å². The van der Waals surface area contributed by atoms with Crippen molar-refractivity contribution in [2.75, 3.05) is 0 Å².